The van der Waals surface area contributed by atoms with Gasteiger partial charge in [0, 0.05) is 56.3 Å². The van der Waals surface area contributed by atoms with Crippen LogP contribution in [0.5, 0.6) is 0 Å². The van der Waals surface area contributed by atoms with E-state index in [2.05, 4.69) is 22.2 Å². The van der Waals surface area contributed by atoms with Crippen LogP contribution in [0.4, 0.5) is 0 Å². The summed E-state index contributed by atoms with van der Waals surface area (Å²) in [6, 6.07) is 4.40. The first-order valence-electron chi connectivity index (χ1n) is 10.4. The summed E-state index contributed by atoms with van der Waals surface area (Å²) in [6.45, 7) is 7.41. The number of carbonyl (C=O) groups excluding carboxylic acids is 2. The Hall–Kier alpha value is -1.74. The van der Waals surface area contributed by atoms with E-state index in [4.69, 9.17) is 4.74 Å². The number of morpholine rings is 1. The highest BCUT2D eigenvalue weighted by atomic mass is 32.1. The molecule has 0 aromatic carbocycles. The Morgan fingerprint density at radius 2 is 2.03 bits per heavy atom. The van der Waals surface area contributed by atoms with Crippen molar-refractivity contribution in [2.24, 2.45) is 0 Å². The highest BCUT2D eigenvalue weighted by Crippen LogP contribution is 2.15. The number of hydrogen-bond donors (Lipinski definition) is 1. The van der Waals surface area contributed by atoms with Crippen LogP contribution in [0.1, 0.15) is 17.7 Å². The van der Waals surface area contributed by atoms with E-state index in [1.165, 1.54) is 6.08 Å². The Morgan fingerprint density at radius 3 is 2.72 bits per heavy atom. The molecule has 2 fully saturated rings. The van der Waals surface area contributed by atoms with Crippen molar-refractivity contribution in [2.75, 3.05) is 66.1 Å². The number of likely N-dealkylation sites (N-methyl/N-ethyl adjacent to an activating group) is 1. The molecule has 29 heavy (non-hydrogen) atoms. The SMILES string of the molecule is CN(CCN1CCOCC1)C1CCN(C(=O)CNC(=O)C=Cc2cccs2)CC1. The largest absolute Gasteiger partial charge is 0.379 e. The summed E-state index contributed by atoms with van der Waals surface area (Å²) in [5.74, 6) is -0.234. The molecule has 1 aromatic rings. The zero-order valence-corrected chi connectivity index (χ0v) is 18.0. The van der Waals surface area contributed by atoms with Gasteiger partial charge in [-0.05, 0) is 37.4 Å². The number of likely N-dealkylation sites (tertiary alicyclic amines) is 1. The van der Waals surface area contributed by atoms with E-state index in [9.17, 15) is 9.59 Å². The number of amides is 2. The molecule has 2 aliphatic rings. The van der Waals surface area contributed by atoms with Crippen LogP contribution in [0.2, 0.25) is 0 Å². The fourth-order valence-corrected chi connectivity index (χ4v) is 4.36. The summed E-state index contributed by atoms with van der Waals surface area (Å²) in [7, 11) is 2.18. The molecule has 1 N–H and O–H groups in total. The lowest BCUT2D eigenvalue weighted by atomic mass is 10.0. The molecule has 8 heteroatoms. The van der Waals surface area contributed by atoms with Crippen LogP contribution in [0.15, 0.2) is 23.6 Å². The normalized spacial score (nSPS) is 19.2. The fraction of sp³-hybridized carbons (Fsp3) is 0.619. The molecule has 0 spiro atoms. The average Bonchev–Trinajstić information content (AvgIpc) is 3.29. The number of piperidine rings is 1. The van der Waals surface area contributed by atoms with E-state index in [1.807, 2.05) is 22.4 Å². The highest BCUT2D eigenvalue weighted by molar-refractivity contribution is 7.10. The van der Waals surface area contributed by atoms with E-state index in [-0.39, 0.29) is 18.4 Å². The lowest BCUT2D eigenvalue weighted by Crippen LogP contribution is -2.49. The minimum atomic E-state index is -0.232. The number of nitrogens with one attached hydrogen (secondary N) is 1. The summed E-state index contributed by atoms with van der Waals surface area (Å²) in [5.41, 5.74) is 0. The van der Waals surface area contributed by atoms with Crippen molar-refractivity contribution in [2.45, 2.75) is 18.9 Å². The van der Waals surface area contributed by atoms with Gasteiger partial charge in [-0.15, -0.1) is 11.3 Å². The minimum Gasteiger partial charge on any atom is -0.379 e. The second kappa shape index (κ2) is 11.4. The summed E-state index contributed by atoms with van der Waals surface area (Å²) in [5, 5.41) is 4.66. The monoisotopic (exact) mass is 420 g/mol. The Balaban J connectivity index is 1.31. The molecule has 3 rings (SSSR count). The number of thiophene rings is 1. The molecule has 160 valence electrons. The molecule has 2 saturated heterocycles. The van der Waals surface area contributed by atoms with Crippen molar-refractivity contribution in [3.8, 4) is 0 Å². The van der Waals surface area contributed by atoms with E-state index in [0.717, 1.165) is 70.2 Å². The topological polar surface area (TPSA) is 65.1 Å². The number of nitrogens with zero attached hydrogens (tertiary/aromatic N) is 3. The summed E-state index contributed by atoms with van der Waals surface area (Å²) < 4.78 is 5.40. The van der Waals surface area contributed by atoms with Crippen LogP contribution in [-0.4, -0.2) is 98.6 Å². The first-order valence-corrected chi connectivity index (χ1v) is 11.3. The van der Waals surface area contributed by atoms with Gasteiger partial charge in [0.2, 0.25) is 11.8 Å². The zero-order chi connectivity index (χ0) is 20.5. The Labute approximate surface area is 177 Å². The fourth-order valence-electron chi connectivity index (χ4n) is 3.74. The van der Waals surface area contributed by atoms with Gasteiger partial charge in [-0.25, -0.2) is 0 Å². The smallest absolute Gasteiger partial charge is 0.244 e. The molecule has 0 aliphatic carbocycles. The van der Waals surface area contributed by atoms with Gasteiger partial charge in [0.15, 0.2) is 0 Å². The van der Waals surface area contributed by atoms with E-state index >= 15 is 0 Å². The molecule has 2 amide bonds. The van der Waals surface area contributed by atoms with Crippen molar-refractivity contribution in [3.05, 3.63) is 28.5 Å². The average molecular weight is 421 g/mol. The first-order chi connectivity index (χ1) is 14.1. The third-order valence-electron chi connectivity index (χ3n) is 5.67. The van der Waals surface area contributed by atoms with E-state index in [1.54, 1.807) is 17.4 Å². The summed E-state index contributed by atoms with van der Waals surface area (Å²) >= 11 is 1.57. The molecule has 0 radical (unpaired) electrons. The quantitative estimate of drug-likeness (QED) is 0.639. The van der Waals surface area contributed by atoms with Crippen LogP contribution in [0.3, 0.4) is 0 Å². The van der Waals surface area contributed by atoms with E-state index < -0.39 is 0 Å². The van der Waals surface area contributed by atoms with Gasteiger partial charge in [0.1, 0.15) is 0 Å². The van der Waals surface area contributed by atoms with Crippen molar-refractivity contribution in [3.63, 3.8) is 0 Å². The second-order valence-corrected chi connectivity index (χ2v) is 8.59. The minimum absolute atomic E-state index is 0.00251. The maximum atomic E-state index is 12.4. The number of carbonyl (C=O) groups is 2. The molecule has 1 aromatic heterocycles. The molecular formula is C21H32N4O3S. The van der Waals surface area contributed by atoms with Crippen molar-refractivity contribution in [1.29, 1.82) is 0 Å². The van der Waals surface area contributed by atoms with Crippen LogP contribution in [0, 0.1) is 0 Å². The molecule has 0 saturated carbocycles. The van der Waals surface area contributed by atoms with Crippen molar-refractivity contribution >= 4 is 29.2 Å². The number of ether oxygens (including phenoxy) is 1. The van der Waals surface area contributed by atoms with Gasteiger partial charge < -0.3 is 19.9 Å². The predicted octanol–water partition coefficient (Wildman–Crippen LogP) is 1.13. The molecule has 3 heterocycles. The Morgan fingerprint density at radius 1 is 1.28 bits per heavy atom. The molecule has 7 nitrogen and oxygen atoms in total. The van der Waals surface area contributed by atoms with E-state index in [0.29, 0.717) is 6.04 Å². The molecule has 2 aliphatic heterocycles. The van der Waals surface area contributed by atoms with Gasteiger partial charge in [0.05, 0.1) is 19.8 Å². The molecular weight excluding hydrogens is 388 g/mol. The zero-order valence-electron chi connectivity index (χ0n) is 17.2. The highest BCUT2D eigenvalue weighted by Gasteiger charge is 2.25. The maximum absolute atomic E-state index is 12.4. The number of hydrogen-bond acceptors (Lipinski definition) is 6. The standard InChI is InChI=1S/C21H32N4O3S/c1-23(10-11-24-12-14-28-15-13-24)18-6-8-25(9-7-18)21(27)17-22-20(26)5-4-19-3-2-16-29-19/h2-5,16,18H,6-15,17H2,1H3,(H,22,26). The lowest BCUT2D eigenvalue weighted by molar-refractivity contribution is -0.133. The van der Waals surface area contributed by atoms with Crippen LogP contribution in [-0.2, 0) is 14.3 Å². The van der Waals surface area contributed by atoms with Crippen molar-refractivity contribution in [1.82, 2.24) is 20.0 Å². The number of rotatable bonds is 8. The second-order valence-electron chi connectivity index (χ2n) is 7.61. The van der Waals surface area contributed by atoms with Gasteiger partial charge in [0.25, 0.3) is 0 Å². The summed E-state index contributed by atoms with van der Waals surface area (Å²) in [4.78, 5) is 32.1. The Kier molecular flexibility index (Phi) is 8.67. The van der Waals surface area contributed by atoms with Gasteiger partial charge in [-0.2, -0.15) is 0 Å². The predicted molar refractivity (Wildman–Crippen MR) is 116 cm³/mol. The van der Waals surface area contributed by atoms with Gasteiger partial charge >= 0.3 is 0 Å². The molecule has 0 bridgehead atoms. The molecule has 0 unspecified atom stereocenters. The van der Waals surface area contributed by atoms with Crippen LogP contribution >= 0.6 is 11.3 Å². The molecule has 0 atom stereocenters. The Bertz CT molecular complexity index is 665. The third-order valence-corrected chi connectivity index (χ3v) is 6.51. The first kappa shape index (κ1) is 22.0. The van der Waals surface area contributed by atoms with Gasteiger partial charge in [-0.1, -0.05) is 6.07 Å². The maximum Gasteiger partial charge on any atom is 0.244 e. The lowest BCUT2D eigenvalue weighted by Gasteiger charge is -2.38. The summed E-state index contributed by atoms with van der Waals surface area (Å²) in [6.07, 6.45) is 5.21. The van der Waals surface area contributed by atoms with Crippen LogP contribution < -0.4 is 5.32 Å². The van der Waals surface area contributed by atoms with Crippen LogP contribution in [0.25, 0.3) is 6.08 Å². The third kappa shape index (κ3) is 7.22. The van der Waals surface area contributed by atoms with Crippen molar-refractivity contribution < 1.29 is 14.3 Å². The van der Waals surface area contributed by atoms with Gasteiger partial charge in [-0.3, -0.25) is 14.5 Å².